The van der Waals surface area contributed by atoms with Gasteiger partial charge in [0.05, 0.1) is 13.2 Å². The Morgan fingerprint density at radius 2 is 1.11 bits per heavy atom. The number of aliphatic hydroxyl groups excluding tert-OH is 3. The standard InChI is InChI=1S/C8H14O6.C3H8O/c1-3-13-7(11)5(9)6(10)8(12)14-4-2;1-3(2)4/h5-6,9-10H,3-4H2,1-2H3;3-4H,1-2H3/t5-,6-;/m1./s1. The highest BCUT2D eigenvalue weighted by molar-refractivity contribution is 5.85. The van der Waals surface area contributed by atoms with E-state index in [9.17, 15) is 9.59 Å². The van der Waals surface area contributed by atoms with E-state index in [0.717, 1.165) is 0 Å². The van der Waals surface area contributed by atoms with Gasteiger partial charge in [0.15, 0.2) is 12.2 Å². The van der Waals surface area contributed by atoms with Crippen LogP contribution in [-0.4, -0.2) is 58.8 Å². The number of carbonyl (C=O) groups is 2. The first-order valence-electron chi connectivity index (χ1n) is 5.65. The number of esters is 2. The van der Waals surface area contributed by atoms with Crippen molar-refractivity contribution in [3.63, 3.8) is 0 Å². The lowest BCUT2D eigenvalue weighted by Gasteiger charge is -2.14. The van der Waals surface area contributed by atoms with Crippen LogP contribution in [0.4, 0.5) is 0 Å². The molecule has 18 heavy (non-hydrogen) atoms. The van der Waals surface area contributed by atoms with Gasteiger partial charge in [0, 0.05) is 6.10 Å². The third kappa shape index (κ3) is 10.0. The lowest BCUT2D eigenvalue weighted by atomic mass is 10.2. The van der Waals surface area contributed by atoms with Crippen LogP contribution in [0.5, 0.6) is 0 Å². The van der Waals surface area contributed by atoms with Crippen LogP contribution in [0, 0.1) is 0 Å². The summed E-state index contributed by atoms with van der Waals surface area (Å²) in [5, 5.41) is 26.2. The number of carbonyl (C=O) groups excluding carboxylic acids is 2. The molecule has 0 fully saturated rings. The number of hydrogen-bond acceptors (Lipinski definition) is 7. The summed E-state index contributed by atoms with van der Waals surface area (Å²) in [6.45, 7) is 6.65. The van der Waals surface area contributed by atoms with E-state index in [-0.39, 0.29) is 19.3 Å². The zero-order valence-electron chi connectivity index (χ0n) is 11.1. The second-order valence-corrected chi connectivity index (χ2v) is 3.49. The molecule has 0 aromatic rings. The Labute approximate surface area is 106 Å². The summed E-state index contributed by atoms with van der Waals surface area (Å²) in [6.07, 6.45) is -3.96. The van der Waals surface area contributed by atoms with Crippen LogP contribution in [0.1, 0.15) is 27.7 Å². The fourth-order valence-corrected chi connectivity index (χ4v) is 0.713. The average molecular weight is 266 g/mol. The molecule has 0 radical (unpaired) electrons. The highest BCUT2D eigenvalue weighted by Gasteiger charge is 2.32. The summed E-state index contributed by atoms with van der Waals surface area (Å²) in [5.74, 6) is -2.10. The molecule has 0 aliphatic rings. The van der Waals surface area contributed by atoms with Crippen LogP contribution in [-0.2, 0) is 19.1 Å². The fraction of sp³-hybridized carbons (Fsp3) is 0.818. The minimum absolute atomic E-state index is 0.0610. The second kappa shape index (κ2) is 10.9. The first-order chi connectivity index (χ1) is 8.27. The van der Waals surface area contributed by atoms with Gasteiger partial charge in [-0.3, -0.25) is 0 Å². The molecule has 0 spiro atoms. The van der Waals surface area contributed by atoms with Gasteiger partial charge in [-0.2, -0.15) is 0 Å². The summed E-state index contributed by atoms with van der Waals surface area (Å²) >= 11 is 0. The minimum atomic E-state index is -1.89. The molecule has 0 saturated carbocycles. The van der Waals surface area contributed by atoms with Gasteiger partial charge in [-0.05, 0) is 27.7 Å². The van der Waals surface area contributed by atoms with Gasteiger partial charge >= 0.3 is 11.9 Å². The molecule has 0 heterocycles. The van der Waals surface area contributed by atoms with Gasteiger partial charge in [0.1, 0.15) is 0 Å². The third-order valence-corrected chi connectivity index (χ3v) is 1.36. The van der Waals surface area contributed by atoms with Crippen LogP contribution in [0.3, 0.4) is 0 Å². The fourth-order valence-electron chi connectivity index (χ4n) is 0.713. The predicted molar refractivity (Wildman–Crippen MR) is 62.6 cm³/mol. The molecular weight excluding hydrogens is 244 g/mol. The Hall–Kier alpha value is -1.18. The van der Waals surface area contributed by atoms with Crippen LogP contribution < -0.4 is 0 Å². The van der Waals surface area contributed by atoms with Gasteiger partial charge < -0.3 is 24.8 Å². The van der Waals surface area contributed by atoms with Crippen molar-refractivity contribution in [1.29, 1.82) is 0 Å². The van der Waals surface area contributed by atoms with Gasteiger partial charge in [-0.1, -0.05) is 0 Å². The average Bonchev–Trinajstić information content (AvgIpc) is 2.27. The van der Waals surface area contributed by atoms with Crippen molar-refractivity contribution in [2.45, 2.75) is 46.0 Å². The molecule has 0 amide bonds. The molecule has 0 saturated heterocycles. The first-order valence-corrected chi connectivity index (χ1v) is 5.65. The Morgan fingerprint density at radius 1 is 0.889 bits per heavy atom. The summed E-state index contributed by atoms with van der Waals surface area (Å²) in [5.41, 5.74) is 0. The zero-order chi connectivity index (χ0) is 14.7. The number of aliphatic hydroxyl groups is 3. The van der Waals surface area contributed by atoms with Crippen molar-refractivity contribution in [2.24, 2.45) is 0 Å². The van der Waals surface area contributed by atoms with Crippen LogP contribution in [0.15, 0.2) is 0 Å². The van der Waals surface area contributed by atoms with Crippen molar-refractivity contribution >= 4 is 11.9 Å². The van der Waals surface area contributed by atoms with Crippen molar-refractivity contribution in [3.05, 3.63) is 0 Å². The Balaban J connectivity index is 0. The van der Waals surface area contributed by atoms with Crippen molar-refractivity contribution in [2.75, 3.05) is 13.2 Å². The molecule has 0 aliphatic heterocycles. The van der Waals surface area contributed by atoms with Crippen molar-refractivity contribution < 1.29 is 34.4 Å². The van der Waals surface area contributed by atoms with E-state index in [1.807, 2.05) is 0 Å². The highest BCUT2D eigenvalue weighted by Crippen LogP contribution is 1.99. The van der Waals surface area contributed by atoms with E-state index in [2.05, 4.69) is 9.47 Å². The van der Waals surface area contributed by atoms with Crippen LogP contribution in [0.25, 0.3) is 0 Å². The molecule has 2 atom stereocenters. The van der Waals surface area contributed by atoms with Crippen molar-refractivity contribution in [3.8, 4) is 0 Å². The predicted octanol–water partition coefficient (Wildman–Crippen LogP) is -0.778. The maximum absolute atomic E-state index is 10.9. The maximum Gasteiger partial charge on any atom is 0.338 e. The Morgan fingerprint density at radius 3 is 1.28 bits per heavy atom. The smallest absolute Gasteiger partial charge is 0.338 e. The van der Waals surface area contributed by atoms with E-state index in [1.54, 1.807) is 27.7 Å². The first kappa shape index (κ1) is 19.2. The quantitative estimate of drug-likeness (QED) is 0.559. The molecule has 7 heteroatoms. The number of hydrogen-bond donors (Lipinski definition) is 3. The van der Waals surface area contributed by atoms with E-state index < -0.39 is 24.1 Å². The SMILES string of the molecule is CC(C)O.CCOC(=O)[C@H](O)[C@@H](O)C(=O)OCC. The van der Waals surface area contributed by atoms with Gasteiger partial charge in [0.2, 0.25) is 0 Å². The maximum atomic E-state index is 10.9. The highest BCUT2D eigenvalue weighted by atomic mass is 16.6. The monoisotopic (exact) mass is 266 g/mol. The molecule has 0 unspecified atom stereocenters. The van der Waals surface area contributed by atoms with Crippen molar-refractivity contribution in [1.82, 2.24) is 0 Å². The summed E-state index contributed by atoms with van der Waals surface area (Å²) in [7, 11) is 0. The van der Waals surface area contributed by atoms with Gasteiger partial charge in [-0.25, -0.2) is 9.59 Å². The molecule has 0 aromatic heterocycles. The lowest BCUT2D eigenvalue weighted by Crippen LogP contribution is -2.41. The third-order valence-electron chi connectivity index (χ3n) is 1.36. The Bertz CT molecular complexity index is 215. The minimum Gasteiger partial charge on any atom is -0.464 e. The van der Waals surface area contributed by atoms with E-state index >= 15 is 0 Å². The lowest BCUT2D eigenvalue weighted by molar-refractivity contribution is -0.172. The number of ether oxygens (including phenoxy) is 2. The Kier molecular flexibility index (Phi) is 11.7. The topological polar surface area (TPSA) is 113 Å². The largest absolute Gasteiger partial charge is 0.464 e. The normalized spacial score (nSPS) is 13.1. The molecule has 0 aromatic carbocycles. The summed E-state index contributed by atoms with van der Waals surface area (Å²) in [6, 6.07) is 0. The van der Waals surface area contributed by atoms with Gasteiger partial charge in [0.25, 0.3) is 0 Å². The molecule has 3 N–H and O–H groups in total. The molecule has 0 rings (SSSR count). The van der Waals surface area contributed by atoms with Crippen LogP contribution in [0.2, 0.25) is 0 Å². The number of rotatable bonds is 5. The zero-order valence-corrected chi connectivity index (χ0v) is 11.1. The van der Waals surface area contributed by atoms with E-state index in [0.29, 0.717) is 0 Å². The van der Waals surface area contributed by atoms with E-state index in [1.165, 1.54) is 0 Å². The molecule has 0 aliphatic carbocycles. The van der Waals surface area contributed by atoms with E-state index in [4.69, 9.17) is 15.3 Å². The second-order valence-electron chi connectivity index (χ2n) is 3.49. The molecule has 108 valence electrons. The summed E-state index contributed by atoms with van der Waals surface area (Å²) < 4.78 is 8.79. The molecular formula is C11H22O7. The molecule has 7 nitrogen and oxygen atoms in total. The molecule has 0 bridgehead atoms. The summed E-state index contributed by atoms with van der Waals surface area (Å²) in [4.78, 5) is 21.7. The van der Waals surface area contributed by atoms with Crippen LogP contribution >= 0.6 is 0 Å². The van der Waals surface area contributed by atoms with Gasteiger partial charge in [-0.15, -0.1) is 0 Å².